The first-order valence-electron chi connectivity index (χ1n) is 4.58. The Hall–Kier alpha value is -1.97. The molecule has 2 aromatic carbocycles. The number of hydrogen-bond donors (Lipinski definition) is 1. The Morgan fingerprint density at radius 1 is 1.12 bits per heavy atom. The van der Waals surface area contributed by atoms with E-state index in [9.17, 15) is 13.2 Å². The van der Waals surface area contributed by atoms with E-state index in [1.54, 1.807) is 12.1 Å². The lowest BCUT2D eigenvalue weighted by molar-refractivity contribution is 0.429. The van der Waals surface area contributed by atoms with Crippen LogP contribution < -0.4 is 5.73 Å². The maximum Gasteiger partial charge on any atom is 0.271 e. The van der Waals surface area contributed by atoms with Crippen molar-refractivity contribution in [1.82, 2.24) is 0 Å². The minimum Gasteiger partial charge on any atom is -0.399 e. The van der Waals surface area contributed by atoms with E-state index in [-0.39, 0.29) is 5.56 Å². The minimum absolute atomic E-state index is 0.113. The van der Waals surface area contributed by atoms with E-state index in [1.807, 2.05) is 0 Å². The molecule has 2 N–H and O–H groups in total. The van der Waals surface area contributed by atoms with Gasteiger partial charge in [-0.3, -0.25) is 0 Å². The van der Waals surface area contributed by atoms with Crippen LogP contribution in [0, 0.1) is 5.82 Å². The molecule has 0 spiro atoms. The molecule has 2 rings (SSSR count). The molecule has 4 heteroatoms. The van der Waals surface area contributed by atoms with Crippen LogP contribution in [0.3, 0.4) is 0 Å². The van der Waals surface area contributed by atoms with Crippen molar-refractivity contribution in [3.63, 3.8) is 0 Å². The van der Waals surface area contributed by atoms with Gasteiger partial charge in [0.15, 0.2) is 0 Å². The monoisotopic (exact) mass is 223 g/mol. The van der Waals surface area contributed by atoms with Gasteiger partial charge in [0.25, 0.3) is 6.08 Å². The van der Waals surface area contributed by atoms with E-state index in [1.165, 1.54) is 12.1 Å². The Bertz CT molecular complexity index is 572. The highest BCUT2D eigenvalue weighted by Gasteiger charge is 2.07. The average Bonchev–Trinajstić information content (AvgIpc) is 2.22. The van der Waals surface area contributed by atoms with Crippen molar-refractivity contribution in [2.45, 2.75) is 0 Å². The first-order chi connectivity index (χ1) is 7.58. The number of nitrogen functional groups attached to an aromatic ring is 1. The lowest BCUT2D eigenvalue weighted by atomic mass is 10.0. The lowest BCUT2D eigenvalue weighted by Gasteiger charge is -2.04. The van der Waals surface area contributed by atoms with Crippen molar-refractivity contribution < 1.29 is 13.2 Å². The summed E-state index contributed by atoms with van der Waals surface area (Å²) in [5.74, 6) is -0.676. The summed E-state index contributed by atoms with van der Waals surface area (Å²) in [7, 11) is 0. The molecule has 0 aliphatic heterocycles. The van der Waals surface area contributed by atoms with Gasteiger partial charge in [0, 0.05) is 17.3 Å². The number of benzene rings is 2. The topological polar surface area (TPSA) is 26.0 Å². The Morgan fingerprint density at radius 3 is 2.56 bits per heavy atom. The van der Waals surface area contributed by atoms with Crippen LogP contribution in [-0.2, 0) is 0 Å². The fourth-order valence-corrected chi connectivity index (χ4v) is 1.60. The summed E-state index contributed by atoms with van der Waals surface area (Å²) in [5.41, 5.74) is 5.95. The van der Waals surface area contributed by atoms with Crippen LogP contribution in [0.5, 0.6) is 0 Å². The van der Waals surface area contributed by atoms with Gasteiger partial charge in [0.05, 0.1) is 0 Å². The maximum atomic E-state index is 13.4. The normalized spacial score (nSPS) is 10.4. The van der Waals surface area contributed by atoms with Crippen molar-refractivity contribution in [2.24, 2.45) is 0 Å². The van der Waals surface area contributed by atoms with E-state index in [2.05, 4.69) is 0 Å². The SMILES string of the molecule is Nc1ccc2c(C=C(F)F)c(F)ccc2c1. The summed E-state index contributed by atoms with van der Waals surface area (Å²) in [6.45, 7) is 0. The van der Waals surface area contributed by atoms with Gasteiger partial charge in [-0.1, -0.05) is 12.1 Å². The number of fused-ring (bicyclic) bond motifs is 1. The summed E-state index contributed by atoms with van der Waals surface area (Å²) >= 11 is 0. The van der Waals surface area contributed by atoms with Gasteiger partial charge >= 0.3 is 0 Å². The maximum absolute atomic E-state index is 13.4. The molecular formula is C12H8F3N. The first kappa shape index (κ1) is 10.5. The molecule has 0 aliphatic carbocycles. The molecule has 82 valence electrons. The summed E-state index contributed by atoms with van der Waals surface area (Å²) < 4.78 is 37.7. The Morgan fingerprint density at radius 2 is 1.88 bits per heavy atom. The predicted molar refractivity (Wildman–Crippen MR) is 58.5 cm³/mol. The molecule has 0 aliphatic rings. The number of hydrogen-bond acceptors (Lipinski definition) is 1. The quantitative estimate of drug-likeness (QED) is 0.731. The zero-order valence-corrected chi connectivity index (χ0v) is 8.18. The number of nitrogens with two attached hydrogens (primary N) is 1. The third kappa shape index (κ3) is 1.86. The van der Waals surface area contributed by atoms with E-state index in [0.717, 1.165) is 6.07 Å². The highest BCUT2D eigenvalue weighted by Crippen LogP contribution is 2.26. The number of rotatable bonds is 1. The smallest absolute Gasteiger partial charge is 0.271 e. The van der Waals surface area contributed by atoms with E-state index in [4.69, 9.17) is 5.73 Å². The van der Waals surface area contributed by atoms with Gasteiger partial charge in [-0.05, 0) is 29.0 Å². The zero-order valence-electron chi connectivity index (χ0n) is 8.18. The van der Waals surface area contributed by atoms with Crippen LogP contribution in [-0.4, -0.2) is 0 Å². The van der Waals surface area contributed by atoms with Crippen molar-refractivity contribution in [3.8, 4) is 0 Å². The molecule has 0 saturated heterocycles. The van der Waals surface area contributed by atoms with Crippen molar-refractivity contribution >= 4 is 22.5 Å². The number of halogens is 3. The highest BCUT2D eigenvalue weighted by atomic mass is 19.3. The van der Waals surface area contributed by atoms with Crippen molar-refractivity contribution in [2.75, 3.05) is 5.73 Å². The van der Waals surface area contributed by atoms with Crippen molar-refractivity contribution in [1.29, 1.82) is 0 Å². The average molecular weight is 223 g/mol. The molecule has 16 heavy (non-hydrogen) atoms. The second-order valence-corrected chi connectivity index (χ2v) is 3.38. The van der Waals surface area contributed by atoms with E-state index < -0.39 is 11.9 Å². The van der Waals surface area contributed by atoms with Crippen LogP contribution >= 0.6 is 0 Å². The standard InChI is InChI=1S/C12H8F3N/c13-11-4-1-7-5-8(16)2-3-9(7)10(11)6-12(14)15/h1-6H,16H2. The molecule has 0 atom stereocenters. The molecule has 0 bridgehead atoms. The number of anilines is 1. The second-order valence-electron chi connectivity index (χ2n) is 3.38. The lowest BCUT2D eigenvalue weighted by Crippen LogP contribution is -1.88. The van der Waals surface area contributed by atoms with Gasteiger partial charge < -0.3 is 5.73 Å². The summed E-state index contributed by atoms with van der Waals surface area (Å²) in [4.78, 5) is 0. The van der Waals surface area contributed by atoms with Gasteiger partial charge in [0.1, 0.15) is 5.82 Å². The molecule has 0 aromatic heterocycles. The van der Waals surface area contributed by atoms with E-state index >= 15 is 0 Å². The largest absolute Gasteiger partial charge is 0.399 e. The van der Waals surface area contributed by atoms with Gasteiger partial charge in [0.2, 0.25) is 0 Å². The summed E-state index contributed by atoms with van der Waals surface area (Å²) in [6.07, 6.45) is -1.41. The zero-order chi connectivity index (χ0) is 11.7. The highest BCUT2D eigenvalue weighted by molar-refractivity contribution is 5.92. The Kier molecular flexibility index (Phi) is 2.56. The van der Waals surface area contributed by atoms with Crippen LogP contribution in [0.4, 0.5) is 18.9 Å². The third-order valence-electron chi connectivity index (χ3n) is 2.29. The van der Waals surface area contributed by atoms with Crippen LogP contribution in [0.2, 0.25) is 0 Å². The van der Waals surface area contributed by atoms with Crippen molar-refractivity contribution in [3.05, 3.63) is 47.8 Å². The Labute approximate surface area is 90.0 Å². The molecule has 0 fully saturated rings. The van der Waals surface area contributed by atoms with Crippen LogP contribution in [0.1, 0.15) is 5.56 Å². The molecule has 0 saturated carbocycles. The summed E-state index contributed by atoms with van der Waals surface area (Å²) in [6, 6.07) is 7.35. The first-order valence-corrected chi connectivity index (χ1v) is 4.58. The Balaban J connectivity index is 2.80. The second kappa shape index (κ2) is 3.89. The van der Waals surface area contributed by atoms with Gasteiger partial charge in [-0.2, -0.15) is 8.78 Å². The van der Waals surface area contributed by atoms with Gasteiger partial charge in [-0.25, -0.2) is 4.39 Å². The molecule has 0 amide bonds. The molecule has 0 heterocycles. The molecule has 1 nitrogen and oxygen atoms in total. The van der Waals surface area contributed by atoms with E-state index in [0.29, 0.717) is 22.5 Å². The fraction of sp³-hybridized carbons (Fsp3) is 0. The summed E-state index contributed by atoms with van der Waals surface area (Å²) in [5, 5.41) is 1.05. The third-order valence-corrected chi connectivity index (χ3v) is 2.29. The van der Waals surface area contributed by atoms with Crippen LogP contribution in [0.25, 0.3) is 16.8 Å². The van der Waals surface area contributed by atoms with Gasteiger partial charge in [-0.15, -0.1) is 0 Å². The molecule has 0 radical (unpaired) electrons. The predicted octanol–water partition coefficient (Wildman–Crippen LogP) is 3.80. The molecule has 0 unspecified atom stereocenters. The van der Waals surface area contributed by atoms with Crippen LogP contribution in [0.15, 0.2) is 36.4 Å². The molecular weight excluding hydrogens is 215 g/mol. The fourth-order valence-electron chi connectivity index (χ4n) is 1.60. The molecule has 2 aromatic rings. The minimum atomic E-state index is -1.93.